The number of hydrogen-bond acceptors (Lipinski definition) is 4. The minimum absolute atomic E-state index is 0.220. The summed E-state index contributed by atoms with van der Waals surface area (Å²) >= 11 is 2.05. The molecule has 1 heterocycles. The Morgan fingerprint density at radius 1 is 1.38 bits per heavy atom. The third kappa shape index (κ3) is 3.36. The van der Waals surface area contributed by atoms with Crippen molar-refractivity contribution in [2.75, 3.05) is 38.3 Å². The van der Waals surface area contributed by atoms with Gasteiger partial charge in [0.25, 0.3) is 0 Å². The lowest BCUT2D eigenvalue weighted by molar-refractivity contribution is 0.0284. The number of nitrogens with zero attached hydrogens (tertiary/aromatic N) is 1. The Bertz CT molecular complexity index is 193. The van der Waals surface area contributed by atoms with E-state index < -0.39 is 0 Å². The fourth-order valence-electron chi connectivity index (χ4n) is 2.59. The molecule has 0 radical (unpaired) electrons. The van der Waals surface area contributed by atoms with Gasteiger partial charge in [-0.2, -0.15) is 11.8 Å². The van der Waals surface area contributed by atoms with Crippen molar-refractivity contribution in [2.45, 2.75) is 38.3 Å². The Labute approximate surface area is 104 Å². The van der Waals surface area contributed by atoms with Crippen LogP contribution in [-0.4, -0.2) is 54.8 Å². The van der Waals surface area contributed by atoms with Crippen LogP contribution in [0, 0.1) is 0 Å². The van der Waals surface area contributed by atoms with Gasteiger partial charge in [0.1, 0.15) is 0 Å². The standard InChI is InChI=1S/C12H26N2OS/c1-11(2)14(6-7-15-3)12(10-13)4-8-16-9-5-12/h11H,4-10,13H2,1-3H3. The van der Waals surface area contributed by atoms with E-state index in [0.717, 1.165) is 19.7 Å². The van der Waals surface area contributed by atoms with Crippen LogP contribution in [0.15, 0.2) is 0 Å². The summed E-state index contributed by atoms with van der Waals surface area (Å²) in [4.78, 5) is 2.55. The lowest BCUT2D eigenvalue weighted by Gasteiger charge is -2.48. The summed E-state index contributed by atoms with van der Waals surface area (Å²) in [5.41, 5.74) is 6.28. The second kappa shape index (κ2) is 6.84. The Morgan fingerprint density at radius 3 is 2.44 bits per heavy atom. The first-order valence-electron chi connectivity index (χ1n) is 6.20. The van der Waals surface area contributed by atoms with Crippen LogP contribution >= 0.6 is 11.8 Å². The molecular formula is C12H26N2OS. The van der Waals surface area contributed by atoms with Crippen LogP contribution in [0.4, 0.5) is 0 Å². The smallest absolute Gasteiger partial charge is 0.0590 e. The van der Waals surface area contributed by atoms with Gasteiger partial charge >= 0.3 is 0 Å². The second-order valence-corrected chi connectivity index (χ2v) is 6.05. The highest BCUT2D eigenvalue weighted by molar-refractivity contribution is 7.99. The molecule has 4 heteroatoms. The lowest BCUT2D eigenvalue weighted by atomic mass is 9.88. The van der Waals surface area contributed by atoms with Crippen LogP contribution in [-0.2, 0) is 4.74 Å². The Balaban J connectivity index is 2.70. The van der Waals surface area contributed by atoms with Gasteiger partial charge in [-0.15, -0.1) is 0 Å². The first kappa shape index (κ1) is 14.3. The van der Waals surface area contributed by atoms with E-state index >= 15 is 0 Å². The molecule has 1 saturated heterocycles. The van der Waals surface area contributed by atoms with Crippen LogP contribution in [0.25, 0.3) is 0 Å². The first-order chi connectivity index (χ1) is 7.66. The molecule has 0 saturated carbocycles. The number of thioether (sulfide) groups is 1. The molecule has 0 aromatic carbocycles. The third-order valence-corrected chi connectivity index (χ3v) is 4.56. The van der Waals surface area contributed by atoms with E-state index in [1.54, 1.807) is 7.11 Å². The minimum Gasteiger partial charge on any atom is -0.383 e. The Kier molecular flexibility index (Phi) is 6.11. The normalized spacial score (nSPS) is 20.6. The lowest BCUT2D eigenvalue weighted by Crippen LogP contribution is -2.59. The molecular weight excluding hydrogens is 220 g/mol. The molecule has 0 aromatic heterocycles. The van der Waals surface area contributed by atoms with Crippen molar-refractivity contribution in [1.82, 2.24) is 4.90 Å². The van der Waals surface area contributed by atoms with Crippen molar-refractivity contribution < 1.29 is 4.74 Å². The first-order valence-corrected chi connectivity index (χ1v) is 7.35. The molecule has 0 amide bonds. The zero-order valence-corrected chi connectivity index (χ0v) is 11.7. The molecule has 2 N–H and O–H groups in total. The number of hydrogen-bond donors (Lipinski definition) is 1. The third-order valence-electron chi connectivity index (χ3n) is 3.57. The van der Waals surface area contributed by atoms with E-state index in [1.165, 1.54) is 24.3 Å². The molecule has 0 bridgehead atoms. The highest BCUT2D eigenvalue weighted by Gasteiger charge is 2.37. The van der Waals surface area contributed by atoms with E-state index in [9.17, 15) is 0 Å². The van der Waals surface area contributed by atoms with Gasteiger partial charge < -0.3 is 10.5 Å². The maximum atomic E-state index is 6.06. The number of nitrogens with two attached hydrogens (primary N) is 1. The summed E-state index contributed by atoms with van der Waals surface area (Å²) in [5.74, 6) is 2.49. The molecule has 1 aliphatic heterocycles. The summed E-state index contributed by atoms with van der Waals surface area (Å²) in [5, 5.41) is 0. The van der Waals surface area contributed by atoms with Gasteiger partial charge in [-0.3, -0.25) is 4.90 Å². The average molecular weight is 246 g/mol. The molecule has 0 atom stereocenters. The predicted octanol–water partition coefficient (Wildman–Crippen LogP) is 1.57. The fraction of sp³-hybridized carbons (Fsp3) is 1.00. The molecule has 1 fully saturated rings. The Hall–Kier alpha value is 0.230. The minimum atomic E-state index is 0.220. The van der Waals surface area contributed by atoms with Crippen LogP contribution < -0.4 is 5.73 Å². The van der Waals surface area contributed by atoms with Gasteiger partial charge in [0.15, 0.2) is 0 Å². The molecule has 3 nitrogen and oxygen atoms in total. The molecule has 0 spiro atoms. The van der Waals surface area contributed by atoms with Crippen LogP contribution in [0.2, 0.25) is 0 Å². The van der Waals surface area contributed by atoms with Crippen molar-refractivity contribution in [3.05, 3.63) is 0 Å². The molecule has 0 aliphatic carbocycles. The maximum absolute atomic E-state index is 6.06. The quantitative estimate of drug-likeness (QED) is 0.772. The van der Waals surface area contributed by atoms with Crippen LogP contribution in [0.5, 0.6) is 0 Å². The predicted molar refractivity (Wildman–Crippen MR) is 72.1 cm³/mol. The van der Waals surface area contributed by atoms with Gasteiger partial charge in [-0.1, -0.05) is 0 Å². The van der Waals surface area contributed by atoms with Gasteiger partial charge in [0.2, 0.25) is 0 Å². The summed E-state index contributed by atoms with van der Waals surface area (Å²) in [6.07, 6.45) is 2.44. The van der Waals surface area contributed by atoms with E-state index in [2.05, 4.69) is 30.5 Å². The van der Waals surface area contributed by atoms with Gasteiger partial charge in [-0.25, -0.2) is 0 Å². The van der Waals surface area contributed by atoms with Crippen molar-refractivity contribution in [3.63, 3.8) is 0 Å². The van der Waals surface area contributed by atoms with Gasteiger partial charge in [0.05, 0.1) is 6.61 Å². The van der Waals surface area contributed by atoms with Gasteiger partial charge in [0, 0.05) is 31.8 Å². The largest absolute Gasteiger partial charge is 0.383 e. The van der Waals surface area contributed by atoms with Crippen molar-refractivity contribution >= 4 is 11.8 Å². The van der Waals surface area contributed by atoms with E-state index in [4.69, 9.17) is 10.5 Å². The zero-order chi connectivity index (χ0) is 12.0. The van der Waals surface area contributed by atoms with Crippen molar-refractivity contribution in [2.24, 2.45) is 5.73 Å². The zero-order valence-electron chi connectivity index (χ0n) is 10.9. The second-order valence-electron chi connectivity index (χ2n) is 4.82. The molecule has 1 rings (SSSR count). The van der Waals surface area contributed by atoms with Crippen molar-refractivity contribution in [3.8, 4) is 0 Å². The van der Waals surface area contributed by atoms with Crippen molar-refractivity contribution in [1.29, 1.82) is 0 Å². The highest BCUT2D eigenvalue weighted by atomic mass is 32.2. The fourth-order valence-corrected chi connectivity index (χ4v) is 3.85. The van der Waals surface area contributed by atoms with E-state index in [-0.39, 0.29) is 5.54 Å². The molecule has 16 heavy (non-hydrogen) atoms. The maximum Gasteiger partial charge on any atom is 0.0590 e. The topological polar surface area (TPSA) is 38.5 Å². The number of methoxy groups -OCH3 is 1. The summed E-state index contributed by atoms with van der Waals surface area (Å²) in [7, 11) is 1.77. The van der Waals surface area contributed by atoms with E-state index in [0.29, 0.717) is 6.04 Å². The monoisotopic (exact) mass is 246 g/mol. The molecule has 1 aliphatic rings. The molecule has 0 aromatic rings. The van der Waals surface area contributed by atoms with Crippen LogP contribution in [0.3, 0.4) is 0 Å². The number of rotatable bonds is 6. The SMILES string of the molecule is COCCN(C(C)C)C1(CN)CCSCC1. The molecule has 96 valence electrons. The summed E-state index contributed by atoms with van der Waals surface area (Å²) < 4.78 is 5.22. The summed E-state index contributed by atoms with van der Waals surface area (Å²) in [6, 6.07) is 0.543. The average Bonchev–Trinajstić information content (AvgIpc) is 2.30. The van der Waals surface area contributed by atoms with E-state index in [1.807, 2.05) is 0 Å². The summed E-state index contributed by atoms with van der Waals surface area (Å²) in [6.45, 7) is 7.09. The Morgan fingerprint density at radius 2 is 2.00 bits per heavy atom. The molecule has 0 unspecified atom stereocenters. The number of ether oxygens (including phenoxy) is 1. The van der Waals surface area contributed by atoms with Crippen LogP contribution in [0.1, 0.15) is 26.7 Å². The highest BCUT2D eigenvalue weighted by Crippen LogP contribution is 2.32. The van der Waals surface area contributed by atoms with Gasteiger partial charge in [-0.05, 0) is 38.2 Å².